The fraction of sp³-hybridized carbons (Fsp3) is 0.591. The molecule has 0 heterocycles. The summed E-state index contributed by atoms with van der Waals surface area (Å²) in [6.45, 7) is 11.5. The quantitative estimate of drug-likeness (QED) is 0.704. The number of rotatable bonds is 7. The van der Waals surface area contributed by atoms with Crippen LogP contribution in [0.1, 0.15) is 70.3 Å². The molecule has 2 N–H and O–H groups in total. The van der Waals surface area contributed by atoms with Crippen LogP contribution < -0.4 is 10.6 Å². The monoisotopic (exact) mass is 388 g/mol. The normalized spacial score (nSPS) is 16.2. The molecule has 1 aromatic rings. The number of amides is 2. The summed E-state index contributed by atoms with van der Waals surface area (Å²) in [4.78, 5) is 37.1. The van der Waals surface area contributed by atoms with E-state index in [1.807, 2.05) is 26.0 Å². The molecule has 2 rings (SSSR count). The Morgan fingerprint density at radius 3 is 2.07 bits per heavy atom. The van der Waals surface area contributed by atoms with Gasteiger partial charge in [-0.1, -0.05) is 46.8 Å². The highest BCUT2D eigenvalue weighted by molar-refractivity contribution is 5.97. The van der Waals surface area contributed by atoms with Gasteiger partial charge >= 0.3 is 5.97 Å². The van der Waals surface area contributed by atoms with Crippen molar-refractivity contribution in [3.63, 3.8) is 0 Å². The smallest absolute Gasteiger partial charge is 0.329 e. The van der Waals surface area contributed by atoms with Gasteiger partial charge < -0.3 is 15.4 Å². The van der Waals surface area contributed by atoms with E-state index in [9.17, 15) is 14.4 Å². The van der Waals surface area contributed by atoms with Gasteiger partial charge in [0.2, 0.25) is 0 Å². The summed E-state index contributed by atoms with van der Waals surface area (Å²) in [7, 11) is 0. The molecule has 0 spiro atoms. The summed E-state index contributed by atoms with van der Waals surface area (Å²) in [6, 6.07) is 6.72. The molecule has 2 amide bonds. The average Bonchev–Trinajstić information content (AvgIpc) is 3.42. The zero-order valence-electron chi connectivity index (χ0n) is 17.7. The van der Waals surface area contributed by atoms with Gasteiger partial charge in [-0.15, -0.1) is 0 Å². The highest BCUT2D eigenvalue weighted by Crippen LogP contribution is 2.22. The van der Waals surface area contributed by atoms with Crippen LogP contribution in [0, 0.1) is 5.92 Å². The fourth-order valence-electron chi connectivity index (χ4n) is 2.69. The maximum Gasteiger partial charge on any atom is 0.329 e. The lowest BCUT2D eigenvalue weighted by atomic mass is 9.86. The van der Waals surface area contributed by atoms with E-state index in [0.29, 0.717) is 5.56 Å². The van der Waals surface area contributed by atoms with Gasteiger partial charge in [0.1, 0.15) is 6.04 Å². The van der Waals surface area contributed by atoms with Crippen LogP contribution >= 0.6 is 0 Å². The van der Waals surface area contributed by atoms with Gasteiger partial charge in [-0.2, -0.15) is 0 Å². The molecule has 0 unspecified atom stereocenters. The molecular formula is C22H32N2O4. The molecule has 1 aromatic carbocycles. The van der Waals surface area contributed by atoms with E-state index in [2.05, 4.69) is 31.4 Å². The van der Waals surface area contributed by atoms with Gasteiger partial charge in [0.05, 0.1) is 0 Å². The molecule has 1 aliphatic rings. The standard InChI is InChI=1S/C22H32N2O4/c1-13(2)18(21(27)28-14(3)19(25)23-17-11-12-17)24-20(26)15-7-9-16(10-8-15)22(4,5)6/h7-10,13-14,17-18H,11-12H2,1-6H3,(H,23,25)(H,24,26)/t14-,18-/m0/s1. The Balaban J connectivity index is 1.99. The van der Waals surface area contributed by atoms with Crippen LogP contribution in [0.2, 0.25) is 0 Å². The highest BCUT2D eigenvalue weighted by Gasteiger charge is 2.31. The van der Waals surface area contributed by atoms with Crippen molar-refractivity contribution in [1.82, 2.24) is 10.6 Å². The van der Waals surface area contributed by atoms with Crippen molar-refractivity contribution in [2.24, 2.45) is 5.92 Å². The molecule has 6 nitrogen and oxygen atoms in total. The minimum Gasteiger partial charge on any atom is -0.451 e. The van der Waals surface area contributed by atoms with Crippen molar-refractivity contribution < 1.29 is 19.1 Å². The highest BCUT2D eigenvalue weighted by atomic mass is 16.5. The van der Waals surface area contributed by atoms with Crippen molar-refractivity contribution in [1.29, 1.82) is 0 Å². The van der Waals surface area contributed by atoms with E-state index < -0.39 is 18.1 Å². The number of hydrogen-bond acceptors (Lipinski definition) is 4. The van der Waals surface area contributed by atoms with E-state index in [1.54, 1.807) is 19.1 Å². The van der Waals surface area contributed by atoms with E-state index >= 15 is 0 Å². The third kappa shape index (κ3) is 6.08. The molecular weight excluding hydrogens is 356 g/mol. The summed E-state index contributed by atoms with van der Waals surface area (Å²) < 4.78 is 5.30. The van der Waals surface area contributed by atoms with Crippen molar-refractivity contribution in [2.75, 3.05) is 0 Å². The van der Waals surface area contributed by atoms with E-state index in [4.69, 9.17) is 4.74 Å². The van der Waals surface area contributed by atoms with Crippen LogP contribution in [-0.2, 0) is 19.7 Å². The molecule has 0 aliphatic heterocycles. The second-order valence-corrected chi connectivity index (χ2v) is 8.88. The molecule has 0 radical (unpaired) electrons. The zero-order valence-corrected chi connectivity index (χ0v) is 17.7. The summed E-state index contributed by atoms with van der Waals surface area (Å²) in [5.41, 5.74) is 1.60. The second-order valence-electron chi connectivity index (χ2n) is 8.88. The van der Waals surface area contributed by atoms with Gasteiger partial charge in [-0.3, -0.25) is 9.59 Å². The predicted octanol–water partition coefficient (Wildman–Crippen LogP) is 2.95. The topological polar surface area (TPSA) is 84.5 Å². The minimum absolute atomic E-state index is 0.00351. The molecule has 28 heavy (non-hydrogen) atoms. The minimum atomic E-state index is -0.891. The van der Waals surface area contributed by atoms with Crippen molar-refractivity contribution in [2.45, 2.75) is 78.0 Å². The SMILES string of the molecule is CC(C)[C@H](NC(=O)c1ccc(C(C)(C)C)cc1)C(=O)O[C@@H](C)C(=O)NC1CC1. The number of esters is 1. The first-order valence-electron chi connectivity index (χ1n) is 9.91. The van der Waals surface area contributed by atoms with Crippen LogP contribution in [0.25, 0.3) is 0 Å². The number of ether oxygens (including phenoxy) is 1. The Labute approximate surface area is 167 Å². The molecule has 1 aliphatic carbocycles. The van der Waals surface area contributed by atoms with E-state index in [1.165, 1.54) is 0 Å². The van der Waals surface area contributed by atoms with Crippen LogP contribution in [0.4, 0.5) is 0 Å². The lowest BCUT2D eigenvalue weighted by Crippen LogP contribution is -2.47. The largest absolute Gasteiger partial charge is 0.451 e. The van der Waals surface area contributed by atoms with Gasteiger partial charge in [-0.05, 0) is 48.8 Å². The van der Waals surface area contributed by atoms with Crippen LogP contribution in [0.5, 0.6) is 0 Å². The first-order valence-corrected chi connectivity index (χ1v) is 9.91. The molecule has 1 fully saturated rings. The molecule has 2 atom stereocenters. The molecule has 1 saturated carbocycles. The molecule has 6 heteroatoms. The first kappa shape index (κ1) is 21.9. The number of carbonyl (C=O) groups is 3. The summed E-state index contributed by atoms with van der Waals surface area (Å²) in [6.07, 6.45) is 1.04. The number of benzene rings is 1. The first-order chi connectivity index (χ1) is 13.0. The molecule has 154 valence electrons. The Morgan fingerprint density at radius 2 is 1.61 bits per heavy atom. The predicted molar refractivity (Wildman–Crippen MR) is 108 cm³/mol. The maximum atomic E-state index is 12.6. The Kier molecular flexibility index (Phi) is 6.86. The lowest BCUT2D eigenvalue weighted by molar-refractivity contribution is -0.157. The Bertz CT molecular complexity index is 715. The van der Waals surface area contributed by atoms with Crippen molar-refractivity contribution >= 4 is 17.8 Å². The van der Waals surface area contributed by atoms with Gasteiger partial charge in [-0.25, -0.2) is 4.79 Å². The lowest BCUT2D eigenvalue weighted by Gasteiger charge is -2.23. The van der Waals surface area contributed by atoms with Crippen LogP contribution in [0.15, 0.2) is 24.3 Å². The number of carbonyl (C=O) groups excluding carboxylic acids is 3. The van der Waals surface area contributed by atoms with Crippen molar-refractivity contribution in [3.8, 4) is 0 Å². The van der Waals surface area contributed by atoms with Gasteiger partial charge in [0.25, 0.3) is 11.8 Å². The second kappa shape index (κ2) is 8.76. The van der Waals surface area contributed by atoms with Crippen LogP contribution in [-0.4, -0.2) is 36.0 Å². The number of hydrogen-bond donors (Lipinski definition) is 2. The van der Waals surface area contributed by atoms with E-state index in [0.717, 1.165) is 18.4 Å². The van der Waals surface area contributed by atoms with Gasteiger partial charge in [0, 0.05) is 11.6 Å². The Hall–Kier alpha value is -2.37. The number of nitrogens with one attached hydrogen (secondary N) is 2. The Morgan fingerprint density at radius 1 is 1.04 bits per heavy atom. The third-order valence-electron chi connectivity index (χ3n) is 4.81. The fourth-order valence-corrected chi connectivity index (χ4v) is 2.69. The average molecular weight is 389 g/mol. The zero-order chi connectivity index (χ0) is 21.1. The molecule has 0 bridgehead atoms. The molecule has 0 aromatic heterocycles. The van der Waals surface area contributed by atoms with Crippen LogP contribution in [0.3, 0.4) is 0 Å². The molecule has 0 saturated heterocycles. The summed E-state index contributed by atoms with van der Waals surface area (Å²) >= 11 is 0. The summed E-state index contributed by atoms with van der Waals surface area (Å²) in [5.74, 6) is -1.43. The van der Waals surface area contributed by atoms with E-state index in [-0.39, 0.29) is 29.2 Å². The van der Waals surface area contributed by atoms with Crippen molar-refractivity contribution in [3.05, 3.63) is 35.4 Å². The van der Waals surface area contributed by atoms with Gasteiger partial charge in [0.15, 0.2) is 6.10 Å². The maximum absolute atomic E-state index is 12.6. The third-order valence-corrected chi connectivity index (χ3v) is 4.81. The summed E-state index contributed by atoms with van der Waals surface area (Å²) in [5, 5.41) is 5.55.